The Bertz CT molecular complexity index is 510. The summed E-state index contributed by atoms with van der Waals surface area (Å²) in [6, 6.07) is 10.1. The Morgan fingerprint density at radius 1 is 1.37 bits per heavy atom. The zero-order valence-electron chi connectivity index (χ0n) is 11.1. The van der Waals surface area contributed by atoms with E-state index in [0.717, 1.165) is 36.3 Å². The SMILES string of the molecule is COC1(CNCc2cc3ccccc3o2)CCOC1. The van der Waals surface area contributed by atoms with Crippen LogP contribution in [0.1, 0.15) is 12.2 Å². The molecule has 2 heterocycles. The molecule has 1 saturated heterocycles. The van der Waals surface area contributed by atoms with Crippen molar-refractivity contribution in [1.82, 2.24) is 5.32 Å². The quantitative estimate of drug-likeness (QED) is 0.897. The van der Waals surface area contributed by atoms with Gasteiger partial charge in [-0.15, -0.1) is 0 Å². The van der Waals surface area contributed by atoms with Gasteiger partial charge in [-0.1, -0.05) is 18.2 Å². The summed E-state index contributed by atoms with van der Waals surface area (Å²) in [7, 11) is 1.75. The molecule has 4 heteroatoms. The normalized spacial score (nSPS) is 23.2. The van der Waals surface area contributed by atoms with Gasteiger partial charge in [0.15, 0.2) is 0 Å². The van der Waals surface area contributed by atoms with E-state index in [9.17, 15) is 0 Å². The molecule has 1 aromatic carbocycles. The summed E-state index contributed by atoms with van der Waals surface area (Å²) in [5.74, 6) is 0.950. The van der Waals surface area contributed by atoms with Crippen LogP contribution in [0.5, 0.6) is 0 Å². The van der Waals surface area contributed by atoms with Gasteiger partial charge in [0, 0.05) is 32.1 Å². The first-order valence-electron chi connectivity index (χ1n) is 6.62. The molecule has 0 aliphatic carbocycles. The number of benzene rings is 1. The Morgan fingerprint density at radius 2 is 2.26 bits per heavy atom. The van der Waals surface area contributed by atoms with Crippen molar-refractivity contribution in [2.75, 3.05) is 26.9 Å². The molecule has 1 aliphatic heterocycles. The molecular weight excluding hydrogens is 242 g/mol. The molecule has 1 aliphatic rings. The van der Waals surface area contributed by atoms with Crippen LogP contribution < -0.4 is 5.32 Å². The van der Waals surface area contributed by atoms with Gasteiger partial charge in [0.1, 0.15) is 16.9 Å². The van der Waals surface area contributed by atoms with E-state index in [1.165, 1.54) is 0 Å². The molecule has 1 aromatic heterocycles. The number of ether oxygens (including phenoxy) is 2. The van der Waals surface area contributed by atoms with Crippen LogP contribution in [0.15, 0.2) is 34.7 Å². The number of rotatable bonds is 5. The van der Waals surface area contributed by atoms with Crippen molar-refractivity contribution < 1.29 is 13.9 Å². The number of hydrogen-bond donors (Lipinski definition) is 1. The zero-order valence-corrected chi connectivity index (χ0v) is 11.1. The molecule has 0 radical (unpaired) electrons. The molecule has 4 nitrogen and oxygen atoms in total. The lowest BCUT2D eigenvalue weighted by Gasteiger charge is -2.25. The van der Waals surface area contributed by atoms with E-state index in [1.807, 2.05) is 18.2 Å². The summed E-state index contributed by atoms with van der Waals surface area (Å²) in [6.45, 7) is 2.93. The molecule has 1 atom stereocenters. The number of furan rings is 1. The molecule has 1 N–H and O–H groups in total. The maximum absolute atomic E-state index is 5.76. The van der Waals surface area contributed by atoms with Crippen molar-refractivity contribution in [3.05, 3.63) is 36.1 Å². The lowest BCUT2D eigenvalue weighted by molar-refractivity contribution is -0.0161. The molecule has 102 valence electrons. The summed E-state index contributed by atoms with van der Waals surface area (Å²) in [5.41, 5.74) is 0.761. The van der Waals surface area contributed by atoms with E-state index in [1.54, 1.807) is 7.11 Å². The smallest absolute Gasteiger partial charge is 0.134 e. The summed E-state index contributed by atoms with van der Waals surface area (Å²) in [4.78, 5) is 0. The maximum atomic E-state index is 5.76. The second-order valence-electron chi connectivity index (χ2n) is 5.04. The van der Waals surface area contributed by atoms with Crippen molar-refractivity contribution >= 4 is 11.0 Å². The third-order valence-corrected chi connectivity index (χ3v) is 3.72. The van der Waals surface area contributed by atoms with E-state index in [0.29, 0.717) is 13.2 Å². The fourth-order valence-corrected chi connectivity index (χ4v) is 2.50. The maximum Gasteiger partial charge on any atom is 0.134 e. The number of hydrogen-bond acceptors (Lipinski definition) is 4. The highest BCUT2D eigenvalue weighted by molar-refractivity contribution is 5.77. The summed E-state index contributed by atoms with van der Waals surface area (Å²) in [5, 5.41) is 4.54. The number of para-hydroxylation sites is 1. The highest BCUT2D eigenvalue weighted by atomic mass is 16.5. The Morgan fingerprint density at radius 3 is 3.00 bits per heavy atom. The molecule has 0 amide bonds. The predicted molar refractivity (Wildman–Crippen MR) is 73.1 cm³/mol. The second kappa shape index (κ2) is 5.33. The van der Waals surface area contributed by atoms with Gasteiger partial charge in [0.25, 0.3) is 0 Å². The monoisotopic (exact) mass is 261 g/mol. The van der Waals surface area contributed by atoms with E-state index in [2.05, 4.69) is 17.4 Å². The molecule has 0 saturated carbocycles. The van der Waals surface area contributed by atoms with Gasteiger partial charge in [-0.2, -0.15) is 0 Å². The predicted octanol–water partition coefficient (Wildman–Crippen LogP) is 2.33. The van der Waals surface area contributed by atoms with Crippen molar-refractivity contribution in [3.63, 3.8) is 0 Å². The molecule has 1 fully saturated rings. The van der Waals surface area contributed by atoms with Crippen LogP contribution in [-0.4, -0.2) is 32.5 Å². The fourth-order valence-electron chi connectivity index (χ4n) is 2.50. The minimum atomic E-state index is -0.175. The molecule has 1 unspecified atom stereocenters. The van der Waals surface area contributed by atoms with Gasteiger partial charge in [-0.3, -0.25) is 0 Å². The Labute approximate surface area is 112 Å². The average molecular weight is 261 g/mol. The van der Waals surface area contributed by atoms with E-state index >= 15 is 0 Å². The largest absolute Gasteiger partial charge is 0.460 e. The second-order valence-corrected chi connectivity index (χ2v) is 5.04. The minimum absolute atomic E-state index is 0.175. The van der Waals surface area contributed by atoms with Crippen molar-refractivity contribution in [1.29, 1.82) is 0 Å². The van der Waals surface area contributed by atoms with E-state index in [-0.39, 0.29) is 5.60 Å². The lowest BCUT2D eigenvalue weighted by Crippen LogP contribution is -2.42. The van der Waals surface area contributed by atoms with Gasteiger partial charge < -0.3 is 19.2 Å². The number of nitrogens with one attached hydrogen (secondary N) is 1. The van der Waals surface area contributed by atoms with Gasteiger partial charge in [-0.25, -0.2) is 0 Å². The molecule has 0 bridgehead atoms. The highest BCUT2D eigenvalue weighted by Crippen LogP contribution is 2.22. The molecule has 3 rings (SSSR count). The third kappa shape index (κ3) is 2.66. The van der Waals surface area contributed by atoms with Crippen LogP contribution in [0.4, 0.5) is 0 Å². The fraction of sp³-hybridized carbons (Fsp3) is 0.467. The van der Waals surface area contributed by atoms with Gasteiger partial charge in [0.2, 0.25) is 0 Å². The summed E-state index contributed by atoms with van der Waals surface area (Å²) in [6.07, 6.45) is 0.941. The van der Waals surface area contributed by atoms with Crippen LogP contribution in [-0.2, 0) is 16.0 Å². The Hall–Kier alpha value is -1.36. The number of fused-ring (bicyclic) bond motifs is 1. The molecule has 2 aromatic rings. The average Bonchev–Trinajstić information content (AvgIpc) is 3.05. The topological polar surface area (TPSA) is 43.6 Å². The van der Waals surface area contributed by atoms with Crippen LogP contribution in [0, 0.1) is 0 Å². The van der Waals surface area contributed by atoms with Crippen LogP contribution in [0.2, 0.25) is 0 Å². The van der Waals surface area contributed by atoms with Crippen molar-refractivity contribution in [2.45, 2.75) is 18.6 Å². The van der Waals surface area contributed by atoms with Crippen molar-refractivity contribution in [2.24, 2.45) is 0 Å². The Kier molecular flexibility index (Phi) is 3.55. The summed E-state index contributed by atoms with van der Waals surface area (Å²) >= 11 is 0. The molecule has 19 heavy (non-hydrogen) atoms. The first-order chi connectivity index (χ1) is 9.31. The third-order valence-electron chi connectivity index (χ3n) is 3.72. The van der Waals surface area contributed by atoms with Gasteiger partial charge >= 0.3 is 0 Å². The van der Waals surface area contributed by atoms with Crippen LogP contribution in [0.25, 0.3) is 11.0 Å². The zero-order chi connectivity index (χ0) is 13.1. The molecule has 0 spiro atoms. The molecular formula is C15H19NO3. The number of methoxy groups -OCH3 is 1. The van der Waals surface area contributed by atoms with E-state index < -0.39 is 0 Å². The van der Waals surface area contributed by atoms with Gasteiger partial charge in [0.05, 0.1) is 13.2 Å². The lowest BCUT2D eigenvalue weighted by atomic mass is 10.0. The summed E-state index contributed by atoms with van der Waals surface area (Å²) < 4.78 is 16.8. The van der Waals surface area contributed by atoms with Crippen molar-refractivity contribution in [3.8, 4) is 0 Å². The van der Waals surface area contributed by atoms with Crippen LogP contribution >= 0.6 is 0 Å². The first kappa shape index (κ1) is 12.7. The highest BCUT2D eigenvalue weighted by Gasteiger charge is 2.34. The standard InChI is InChI=1S/C15H19NO3/c1-17-15(6-7-18-11-15)10-16-9-13-8-12-4-2-3-5-14(12)19-13/h2-5,8,16H,6-7,9-11H2,1H3. The minimum Gasteiger partial charge on any atom is -0.460 e. The Balaban J connectivity index is 1.60. The van der Waals surface area contributed by atoms with Gasteiger partial charge in [-0.05, 0) is 12.1 Å². The first-order valence-corrected chi connectivity index (χ1v) is 6.62. The van der Waals surface area contributed by atoms with Crippen LogP contribution in [0.3, 0.4) is 0 Å². The van der Waals surface area contributed by atoms with E-state index in [4.69, 9.17) is 13.9 Å².